The van der Waals surface area contributed by atoms with E-state index in [1.165, 1.54) is 18.2 Å². The lowest BCUT2D eigenvalue weighted by Gasteiger charge is -2.31. The molecule has 0 aliphatic rings. The van der Waals surface area contributed by atoms with Gasteiger partial charge in [0, 0.05) is 0 Å². The standard InChI is InChI=1S/C13H18N2O3S/c1-3-13(4-2,12(14)19)15-11(18)8-6-5-7-9(16)10(8)17/h5-7,16-17H,3-4H2,1-2H3,(H2,14,19)(H,15,18). The van der Waals surface area contributed by atoms with E-state index in [1.54, 1.807) is 0 Å². The number of nitrogens with two attached hydrogens (primary N) is 1. The number of phenols is 2. The molecular formula is C13H18N2O3S. The van der Waals surface area contributed by atoms with E-state index in [0.29, 0.717) is 12.8 Å². The third-order valence-electron chi connectivity index (χ3n) is 3.29. The SMILES string of the molecule is CCC(CC)(NC(=O)c1cccc(O)c1O)C(N)=S. The molecule has 1 rings (SSSR count). The Bertz CT molecular complexity index is 499. The molecule has 6 heteroatoms. The largest absolute Gasteiger partial charge is 0.504 e. The van der Waals surface area contributed by atoms with Crippen molar-refractivity contribution < 1.29 is 15.0 Å². The first-order valence-electron chi connectivity index (χ1n) is 6.01. The summed E-state index contributed by atoms with van der Waals surface area (Å²) >= 11 is 5.01. The molecule has 5 nitrogen and oxygen atoms in total. The van der Waals surface area contributed by atoms with Crippen molar-refractivity contribution in [2.75, 3.05) is 0 Å². The first-order chi connectivity index (χ1) is 8.88. The number of amides is 1. The monoisotopic (exact) mass is 282 g/mol. The number of hydrogen-bond acceptors (Lipinski definition) is 4. The Kier molecular flexibility index (Phi) is 4.72. The van der Waals surface area contributed by atoms with Crippen LogP contribution in [0.5, 0.6) is 11.5 Å². The van der Waals surface area contributed by atoms with Gasteiger partial charge in [0.1, 0.15) is 0 Å². The van der Waals surface area contributed by atoms with E-state index < -0.39 is 17.2 Å². The van der Waals surface area contributed by atoms with Gasteiger partial charge in [-0.1, -0.05) is 32.1 Å². The molecule has 0 bridgehead atoms. The molecule has 0 aromatic heterocycles. The summed E-state index contributed by atoms with van der Waals surface area (Å²) in [4.78, 5) is 12.4. The summed E-state index contributed by atoms with van der Waals surface area (Å²) < 4.78 is 0. The molecule has 0 aliphatic carbocycles. The molecule has 0 radical (unpaired) electrons. The fraction of sp³-hybridized carbons (Fsp3) is 0.385. The molecule has 0 fully saturated rings. The molecular weight excluding hydrogens is 264 g/mol. The van der Waals surface area contributed by atoms with Gasteiger partial charge < -0.3 is 21.3 Å². The van der Waals surface area contributed by atoms with Crippen molar-refractivity contribution in [1.29, 1.82) is 0 Å². The second-order valence-electron chi connectivity index (χ2n) is 4.28. The molecule has 5 N–H and O–H groups in total. The number of hydrogen-bond donors (Lipinski definition) is 4. The van der Waals surface area contributed by atoms with Gasteiger partial charge in [-0.15, -0.1) is 0 Å². The molecule has 1 amide bonds. The van der Waals surface area contributed by atoms with Crippen LogP contribution in [0, 0.1) is 0 Å². The molecule has 1 aromatic carbocycles. The van der Waals surface area contributed by atoms with Gasteiger partial charge in [-0.2, -0.15) is 0 Å². The van der Waals surface area contributed by atoms with Crippen molar-refractivity contribution in [3.05, 3.63) is 23.8 Å². The van der Waals surface area contributed by atoms with E-state index in [2.05, 4.69) is 5.32 Å². The first-order valence-corrected chi connectivity index (χ1v) is 6.42. The number of rotatable bonds is 5. The van der Waals surface area contributed by atoms with E-state index in [9.17, 15) is 15.0 Å². The predicted octanol–water partition coefficient (Wildman–Crippen LogP) is 1.67. The summed E-state index contributed by atoms with van der Waals surface area (Å²) in [5.74, 6) is -1.32. The molecule has 0 saturated heterocycles. The Morgan fingerprint density at radius 3 is 2.42 bits per heavy atom. The minimum absolute atomic E-state index is 0.0116. The highest BCUT2D eigenvalue weighted by molar-refractivity contribution is 7.80. The van der Waals surface area contributed by atoms with Crippen molar-refractivity contribution in [2.45, 2.75) is 32.2 Å². The average molecular weight is 282 g/mol. The molecule has 0 atom stereocenters. The zero-order valence-electron chi connectivity index (χ0n) is 10.9. The Morgan fingerprint density at radius 2 is 1.95 bits per heavy atom. The third kappa shape index (κ3) is 2.96. The van der Waals surface area contributed by atoms with Gasteiger partial charge in [0.25, 0.3) is 5.91 Å². The molecule has 0 unspecified atom stereocenters. The van der Waals surface area contributed by atoms with E-state index in [0.717, 1.165) is 0 Å². The van der Waals surface area contributed by atoms with E-state index in [4.69, 9.17) is 18.0 Å². The van der Waals surface area contributed by atoms with Crippen LogP contribution in [0.3, 0.4) is 0 Å². The number of phenolic OH excluding ortho intramolecular Hbond substituents is 2. The van der Waals surface area contributed by atoms with Crippen LogP contribution in [0.4, 0.5) is 0 Å². The summed E-state index contributed by atoms with van der Waals surface area (Å²) in [5.41, 5.74) is 4.89. The average Bonchev–Trinajstić information content (AvgIpc) is 2.38. The molecule has 0 saturated carbocycles. The van der Waals surface area contributed by atoms with Gasteiger partial charge in [0.2, 0.25) is 0 Å². The number of nitrogens with one attached hydrogen (secondary N) is 1. The highest BCUT2D eigenvalue weighted by atomic mass is 32.1. The molecule has 0 aliphatic heterocycles. The number of benzene rings is 1. The van der Waals surface area contributed by atoms with Gasteiger partial charge in [-0.05, 0) is 25.0 Å². The van der Waals surface area contributed by atoms with Gasteiger partial charge in [0.15, 0.2) is 11.5 Å². The van der Waals surface area contributed by atoms with Crippen molar-refractivity contribution in [3.8, 4) is 11.5 Å². The number of carbonyl (C=O) groups excluding carboxylic acids is 1. The fourth-order valence-electron chi connectivity index (χ4n) is 1.84. The quantitative estimate of drug-likeness (QED) is 0.487. The second-order valence-corrected chi connectivity index (χ2v) is 4.72. The number of carbonyl (C=O) groups is 1. The third-order valence-corrected chi connectivity index (χ3v) is 3.68. The minimum Gasteiger partial charge on any atom is -0.504 e. The Balaban J connectivity index is 3.08. The summed E-state index contributed by atoms with van der Waals surface area (Å²) in [7, 11) is 0. The molecule has 0 spiro atoms. The van der Waals surface area contributed by atoms with Crippen LogP contribution in [0.1, 0.15) is 37.0 Å². The van der Waals surface area contributed by atoms with E-state index in [1.807, 2.05) is 13.8 Å². The lowest BCUT2D eigenvalue weighted by molar-refractivity contribution is 0.0916. The number of thiocarbonyl (C=S) groups is 1. The normalized spacial score (nSPS) is 11.1. The van der Waals surface area contributed by atoms with Crippen LogP contribution in [0.25, 0.3) is 0 Å². The predicted molar refractivity (Wildman–Crippen MR) is 77.3 cm³/mol. The van der Waals surface area contributed by atoms with Gasteiger partial charge in [0.05, 0.1) is 16.1 Å². The van der Waals surface area contributed by atoms with Crippen LogP contribution < -0.4 is 11.1 Å². The van der Waals surface area contributed by atoms with E-state index >= 15 is 0 Å². The minimum atomic E-state index is -0.787. The van der Waals surface area contributed by atoms with Crippen LogP contribution in [-0.2, 0) is 0 Å². The molecule has 19 heavy (non-hydrogen) atoms. The molecule has 1 aromatic rings. The van der Waals surface area contributed by atoms with Gasteiger partial charge in [-0.25, -0.2) is 0 Å². The van der Waals surface area contributed by atoms with E-state index in [-0.39, 0.29) is 16.3 Å². The molecule has 0 heterocycles. The number of para-hydroxylation sites is 1. The van der Waals surface area contributed by atoms with Crippen molar-refractivity contribution in [3.63, 3.8) is 0 Å². The maximum absolute atomic E-state index is 12.2. The van der Waals surface area contributed by atoms with Crippen LogP contribution in [-0.4, -0.2) is 26.6 Å². The highest BCUT2D eigenvalue weighted by Gasteiger charge is 2.32. The van der Waals surface area contributed by atoms with Crippen LogP contribution in [0.15, 0.2) is 18.2 Å². The van der Waals surface area contributed by atoms with Crippen molar-refractivity contribution >= 4 is 23.1 Å². The number of aromatic hydroxyl groups is 2. The summed E-state index contributed by atoms with van der Waals surface area (Å²) in [6.45, 7) is 3.73. The lowest BCUT2D eigenvalue weighted by atomic mass is 9.92. The first kappa shape index (κ1) is 15.2. The van der Waals surface area contributed by atoms with Gasteiger partial charge in [-0.3, -0.25) is 4.79 Å². The summed E-state index contributed by atoms with van der Waals surface area (Å²) in [6, 6.07) is 4.19. The lowest BCUT2D eigenvalue weighted by Crippen LogP contribution is -2.55. The zero-order chi connectivity index (χ0) is 14.6. The van der Waals surface area contributed by atoms with Gasteiger partial charge >= 0.3 is 0 Å². The summed E-state index contributed by atoms with van der Waals surface area (Å²) in [5, 5.41) is 21.8. The Hall–Kier alpha value is -1.82. The van der Waals surface area contributed by atoms with Crippen LogP contribution in [0.2, 0.25) is 0 Å². The molecule has 104 valence electrons. The Labute approximate surface area is 117 Å². The van der Waals surface area contributed by atoms with Crippen LogP contribution >= 0.6 is 12.2 Å². The topological polar surface area (TPSA) is 95.6 Å². The smallest absolute Gasteiger partial charge is 0.255 e. The highest BCUT2D eigenvalue weighted by Crippen LogP contribution is 2.29. The van der Waals surface area contributed by atoms with Crippen molar-refractivity contribution in [2.24, 2.45) is 5.73 Å². The zero-order valence-corrected chi connectivity index (χ0v) is 11.8. The Morgan fingerprint density at radius 1 is 1.37 bits per heavy atom. The van der Waals surface area contributed by atoms with Crippen molar-refractivity contribution in [1.82, 2.24) is 5.32 Å². The summed E-state index contributed by atoms with van der Waals surface area (Å²) in [6.07, 6.45) is 1.09. The fourth-order valence-corrected chi connectivity index (χ4v) is 2.18. The maximum atomic E-state index is 12.2. The second kappa shape index (κ2) is 5.88. The maximum Gasteiger partial charge on any atom is 0.255 e.